The fourth-order valence-electron chi connectivity index (χ4n) is 2.41. The Balaban J connectivity index is 2.08. The first-order chi connectivity index (χ1) is 13.0. The summed E-state index contributed by atoms with van der Waals surface area (Å²) in [5.74, 6) is 1.11. The molecule has 0 spiro atoms. The number of ether oxygens (including phenoxy) is 2. The molecule has 9 heteroatoms. The lowest BCUT2D eigenvalue weighted by atomic mass is 10.1. The van der Waals surface area contributed by atoms with Gasteiger partial charge in [-0.1, -0.05) is 0 Å². The van der Waals surface area contributed by atoms with Gasteiger partial charge in [0.25, 0.3) is 10.1 Å². The molecule has 0 saturated heterocycles. The van der Waals surface area contributed by atoms with Crippen LogP contribution in [0.4, 0.5) is 0 Å². The average Bonchev–Trinajstić information content (AvgIpc) is 3.11. The smallest absolute Gasteiger partial charge is 0.276 e. The van der Waals surface area contributed by atoms with Gasteiger partial charge < -0.3 is 13.9 Å². The van der Waals surface area contributed by atoms with Gasteiger partial charge >= 0.3 is 0 Å². The summed E-state index contributed by atoms with van der Waals surface area (Å²) in [6.45, 7) is 0. The third-order valence-electron chi connectivity index (χ3n) is 3.80. The second-order valence-electron chi connectivity index (χ2n) is 5.47. The molecule has 8 nitrogen and oxygen atoms in total. The van der Waals surface area contributed by atoms with Crippen molar-refractivity contribution < 1.29 is 26.5 Å². The molecule has 0 aliphatic carbocycles. The number of oxazole rings is 1. The predicted molar refractivity (Wildman–Crippen MR) is 97.9 cm³/mol. The fourth-order valence-corrected chi connectivity index (χ4v) is 2.95. The first-order valence-electron chi connectivity index (χ1n) is 7.88. The van der Waals surface area contributed by atoms with Crippen LogP contribution >= 0.6 is 0 Å². The quantitative estimate of drug-likeness (QED) is 0.568. The maximum Gasteiger partial charge on any atom is 0.276 e. The molecular formula is C18H18N2O6S. The van der Waals surface area contributed by atoms with Crippen LogP contribution in [0.5, 0.6) is 11.6 Å². The molecule has 0 atom stereocenters. The number of hydrogen-bond acceptors (Lipinski definition) is 8. The Morgan fingerprint density at radius 1 is 0.963 bits per heavy atom. The lowest BCUT2D eigenvalue weighted by Crippen LogP contribution is -2.05. The second kappa shape index (κ2) is 7.77. The van der Waals surface area contributed by atoms with E-state index in [-0.39, 0.29) is 5.89 Å². The molecule has 3 aromatic rings. The van der Waals surface area contributed by atoms with E-state index in [1.54, 1.807) is 49.7 Å². The Labute approximate surface area is 156 Å². The Morgan fingerprint density at radius 2 is 1.67 bits per heavy atom. The number of nitrogens with zero attached hydrogens (tertiary/aromatic N) is 2. The minimum Gasteiger partial charge on any atom is -0.497 e. The summed E-state index contributed by atoms with van der Waals surface area (Å²) in [7, 11) is 0.418. The molecule has 0 unspecified atom stereocenters. The monoisotopic (exact) mass is 390 g/mol. The zero-order chi connectivity index (χ0) is 19.4. The van der Waals surface area contributed by atoms with E-state index < -0.39 is 15.9 Å². The summed E-state index contributed by atoms with van der Waals surface area (Å²) < 4.78 is 44.0. The molecule has 0 amide bonds. The van der Waals surface area contributed by atoms with Crippen LogP contribution in [0.1, 0.15) is 5.89 Å². The summed E-state index contributed by atoms with van der Waals surface area (Å²) in [6.07, 6.45) is 1.58. The minimum absolute atomic E-state index is 0.0217. The molecule has 27 heavy (non-hydrogen) atoms. The molecule has 2 aromatic heterocycles. The molecule has 142 valence electrons. The number of rotatable bonds is 7. The van der Waals surface area contributed by atoms with Crippen molar-refractivity contribution >= 4 is 10.1 Å². The number of pyridine rings is 1. The van der Waals surface area contributed by atoms with Crippen LogP contribution in [0.2, 0.25) is 0 Å². The van der Waals surface area contributed by atoms with Gasteiger partial charge in [-0.05, 0) is 30.3 Å². The molecule has 0 fully saturated rings. The minimum atomic E-state index is -3.77. The highest BCUT2D eigenvalue weighted by Crippen LogP contribution is 2.34. The van der Waals surface area contributed by atoms with Gasteiger partial charge in [-0.15, -0.1) is 0 Å². The van der Waals surface area contributed by atoms with E-state index in [0.717, 1.165) is 12.7 Å². The molecule has 0 radical (unpaired) electrons. The van der Waals surface area contributed by atoms with Gasteiger partial charge in [0, 0.05) is 23.4 Å². The van der Waals surface area contributed by atoms with Crippen LogP contribution in [-0.2, 0) is 20.1 Å². The summed E-state index contributed by atoms with van der Waals surface area (Å²) in [5.41, 5.74) is 1.85. The van der Waals surface area contributed by atoms with Crippen LogP contribution in [0.3, 0.4) is 0 Å². The van der Waals surface area contributed by atoms with Gasteiger partial charge in [0.15, 0.2) is 11.5 Å². The maximum atomic E-state index is 11.8. The number of benzene rings is 1. The predicted octanol–water partition coefficient (Wildman–Crippen LogP) is 2.90. The van der Waals surface area contributed by atoms with E-state index in [4.69, 9.17) is 13.9 Å². The molecular weight excluding hydrogens is 372 g/mol. The highest BCUT2D eigenvalue weighted by atomic mass is 32.2. The maximum absolute atomic E-state index is 11.8. The average molecular weight is 390 g/mol. The Hall–Kier alpha value is -2.91. The van der Waals surface area contributed by atoms with Gasteiger partial charge in [0.2, 0.25) is 11.8 Å². The summed E-state index contributed by atoms with van der Waals surface area (Å²) in [4.78, 5) is 8.52. The van der Waals surface area contributed by atoms with E-state index in [0.29, 0.717) is 28.6 Å². The largest absolute Gasteiger partial charge is 0.497 e. The van der Waals surface area contributed by atoms with E-state index in [1.807, 2.05) is 0 Å². The summed E-state index contributed by atoms with van der Waals surface area (Å²) in [5, 5.41) is 0. The Bertz CT molecular complexity index is 946. The highest BCUT2D eigenvalue weighted by molar-refractivity contribution is 7.85. The third kappa shape index (κ3) is 4.26. The van der Waals surface area contributed by atoms with E-state index in [2.05, 4.69) is 14.2 Å². The lowest BCUT2D eigenvalue weighted by molar-refractivity contribution is 0.391. The molecule has 3 rings (SSSR count). The van der Waals surface area contributed by atoms with Crippen molar-refractivity contribution in [1.82, 2.24) is 9.97 Å². The van der Waals surface area contributed by atoms with Gasteiger partial charge in [-0.2, -0.15) is 8.42 Å². The van der Waals surface area contributed by atoms with E-state index in [1.165, 1.54) is 7.11 Å². The summed E-state index contributed by atoms with van der Waals surface area (Å²) >= 11 is 0. The number of aromatic nitrogens is 2. The van der Waals surface area contributed by atoms with E-state index >= 15 is 0 Å². The summed E-state index contributed by atoms with van der Waals surface area (Å²) in [6, 6.07) is 10.6. The first kappa shape index (κ1) is 18.9. The fraction of sp³-hybridized carbons (Fsp3) is 0.222. The molecule has 0 N–H and O–H groups in total. The molecule has 0 saturated carbocycles. The third-order valence-corrected chi connectivity index (χ3v) is 4.91. The van der Waals surface area contributed by atoms with Crippen molar-refractivity contribution in [2.45, 2.75) is 5.75 Å². The SMILES string of the molecule is COc1ccc(-c2oc(CS(=O)(=O)OC)nc2-c2ccc(OC)nc2)cc1. The van der Waals surface area contributed by atoms with Crippen LogP contribution in [-0.4, -0.2) is 39.7 Å². The molecule has 0 aliphatic rings. The molecule has 0 bridgehead atoms. The second-order valence-corrected chi connectivity index (χ2v) is 7.21. The standard InChI is InChI=1S/C18H18N2O6S/c1-23-14-7-4-12(5-8-14)18-17(13-6-9-15(24-2)19-10-13)20-16(26-18)11-27(21,22)25-3/h4-10H,11H2,1-3H3. The zero-order valence-electron chi connectivity index (χ0n) is 15.0. The van der Waals surface area contributed by atoms with E-state index in [9.17, 15) is 8.42 Å². The van der Waals surface area contributed by atoms with Crippen molar-refractivity contribution in [2.75, 3.05) is 21.3 Å². The lowest BCUT2D eigenvalue weighted by Gasteiger charge is -2.04. The van der Waals surface area contributed by atoms with Crippen LogP contribution in [0.25, 0.3) is 22.6 Å². The van der Waals surface area contributed by atoms with Crippen LogP contribution in [0, 0.1) is 0 Å². The van der Waals surface area contributed by atoms with Gasteiger partial charge in [-0.25, -0.2) is 9.97 Å². The van der Waals surface area contributed by atoms with Crippen LogP contribution in [0.15, 0.2) is 47.0 Å². The van der Waals surface area contributed by atoms with Crippen molar-refractivity contribution in [2.24, 2.45) is 0 Å². The van der Waals surface area contributed by atoms with Gasteiger partial charge in [0.1, 0.15) is 11.4 Å². The molecule has 1 aromatic carbocycles. The van der Waals surface area contributed by atoms with Crippen LogP contribution < -0.4 is 9.47 Å². The highest BCUT2D eigenvalue weighted by Gasteiger charge is 2.21. The first-order valence-corrected chi connectivity index (χ1v) is 9.46. The Morgan fingerprint density at radius 3 is 2.22 bits per heavy atom. The van der Waals surface area contributed by atoms with Crippen molar-refractivity contribution in [3.8, 4) is 34.2 Å². The van der Waals surface area contributed by atoms with Crippen molar-refractivity contribution in [3.05, 3.63) is 48.5 Å². The van der Waals surface area contributed by atoms with Gasteiger partial charge in [0.05, 0.1) is 21.3 Å². The molecule has 2 heterocycles. The van der Waals surface area contributed by atoms with Crippen molar-refractivity contribution in [3.63, 3.8) is 0 Å². The van der Waals surface area contributed by atoms with Crippen molar-refractivity contribution in [1.29, 1.82) is 0 Å². The number of methoxy groups -OCH3 is 2. The van der Waals surface area contributed by atoms with Gasteiger partial charge in [-0.3, -0.25) is 4.18 Å². The number of hydrogen-bond donors (Lipinski definition) is 0. The zero-order valence-corrected chi connectivity index (χ0v) is 15.8. The Kier molecular flexibility index (Phi) is 5.43. The normalized spacial score (nSPS) is 11.4. The molecule has 0 aliphatic heterocycles. The topological polar surface area (TPSA) is 101 Å².